The van der Waals surface area contributed by atoms with Crippen molar-refractivity contribution in [1.29, 1.82) is 0 Å². The number of hydrogen-bond donors (Lipinski definition) is 1. The highest BCUT2D eigenvalue weighted by atomic mass is 16.7. The second-order valence-corrected chi connectivity index (χ2v) is 4.41. The number of methoxy groups -OCH3 is 2. The third-order valence-electron chi connectivity index (χ3n) is 3.48. The maximum absolute atomic E-state index is 5.99. The summed E-state index contributed by atoms with van der Waals surface area (Å²) in [4.78, 5) is 2.20. The molecule has 1 aliphatic heterocycles. The van der Waals surface area contributed by atoms with E-state index in [0.717, 1.165) is 30.9 Å². The fourth-order valence-corrected chi connectivity index (χ4v) is 2.16. The number of nitrogens with two attached hydrogens (primary N) is 1. The van der Waals surface area contributed by atoms with Gasteiger partial charge in [-0.2, -0.15) is 0 Å². The molecule has 1 aromatic carbocycles. The lowest BCUT2D eigenvalue weighted by Gasteiger charge is -2.48. The Labute approximate surface area is 102 Å². The number of aryl methyl sites for hydroxylation is 1. The lowest BCUT2D eigenvalue weighted by atomic mass is 10.0. The molecule has 0 unspecified atom stereocenters. The van der Waals surface area contributed by atoms with Gasteiger partial charge in [0.05, 0.1) is 13.1 Å². The molecule has 0 bridgehead atoms. The van der Waals surface area contributed by atoms with E-state index in [2.05, 4.69) is 24.0 Å². The van der Waals surface area contributed by atoms with Gasteiger partial charge in [0.15, 0.2) is 0 Å². The standard InChI is InChI=1S/C13H20N2O2/c1-4-10-5-6-11(7-12(10)14)15-8-13(9-15,16-2)17-3/h5-7H,4,8-9,14H2,1-3H3. The third kappa shape index (κ3) is 2.10. The van der Waals surface area contributed by atoms with E-state index < -0.39 is 5.79 Å². The van der Waals surface area contributed by atoms with Crippen LogP contribution in [0.1, 0.15) is 12.5 Å². The van der Waals surface area contributed by atoms with Crippen LogP contribution in [-0.2, 0) is 15.9 Å². The molecule has 0 atom stereocenters. The molecule has 2 N–H and O–H groups in total. The smallest absolute Gasteiger partial charge is 0.203 e. The predicted molar refractivity (Wildman–Crippen MR) is 69.2 cm³/mol. The van der Waals surface area contributed by atoms with Crippen molar-refractivity contribution in [3.63, 3.8) is 0 Å². The van der Waals surface area contributed by atoms with Gasteiger partial charge in [-0.3, -0.25) is 0 Å². The Morgan fingerprint density at radius 3 is 2.41 bits per heavy atom. The highest BCUT2D eigenvalue weighted by Gasteiger charge is 2.43. The molecule has 1 aromatic rings. The molecule has 0 saturated carbocycles. The van der Waals surface area contributed by atoms with Gasteiger partial charge in [0.25, 0.3) is 0 Å². The molecule has 1 aliphatic rings. The van der Waals surface area contributed by atoms with Crippen molar-refractivity contribution in [1.82, 2.24) is 0 Å². The summed E-state index contributed by atoms with van der Waals surface area (Å²) in [7, 11) is 3.35. The van der Waals surface area contributed by atoms with E-state index in [0.29, 0.717) is 0 Å². The lowest BCUT2D eigenvalue weighted by Crippen LogP contribution is -2.64. The topological polar surface area (TPSA) is 47.7 Å². The molecular weight excluding hydrogens is 216 g/mol. The summed E-state index contributed by atoms with van der Waals surface area (Å²) in [5, 5.41) is 0. The minimum absolute atomic E-state index is 0.446. The molecule has 0 aromatic heterocycles. The van der Waals surface area contributed by atoms with Crippen molar-refractivity contribution in [2.45, 2.75) is 19.1 Å². The molecule has 0 aliphatic carbocycles. The summed E-state index contributed by atoms with van der Waals surface area (Å²) in [5.74, 6) is -0.446. The average Bonchev–Trinajstić information content (AvgIpc) is 2.29. The van der Waals surface area contributed by atoms with Crippen LogP contribution in [0.25, 0.3) is 0 Å². The van der Waals surface area contributed by atoms with Gasteiger partial charge in [-0.1, -0.05) is 13.0 Å². The van der Waals surface area contributed by atoms with Crippen LogP contribution in [0, 0.1) is 0 Å². The average molecular weight is 236 g/mol. The second kappa shape index (κ2) is 4.55. The van der Waals surface area contributed by atoms with E-state index >= 15 is 0 Å². The van der Waals surface area contributed by atoms with Crippen LogP contribution in [0.2, 0.25) is 0 Å². The third-order valence-corrected chi connectivity index (χ3v) is 3.48. The molecule has 0 radical (unpaired) electrons. The van der Waals surface area contributed by atoms with Crippen LogP contribution in [0.15, 0.2) is 18.2 Å². The number of benzene rings is 1. The summed E-state index contributed by atoms with van der Waals surface area (Å²) in [6.45, 7) is 3.59. The number of hydrogen-bond acceptors (Lipinski definition) is 4. The van der Waals surface area contributed by atoms with Crippen molar-refractivity contribution >= 4 is 11.4 Å². The molecule has 0 amide bonds. The van der Waals surface area contributed by atoms with Crippen molar-refractivity contribution in [3.8, 4) is 0 Å². The number of rotatable bonds is 4. The van der Waals surface area contributed by atoms with Gasteiger partial charge < -0.3 is 20.1 Å². The van der Waals surface area contributed by atoms with Crippen LogP contribution in [0.3, 0.4) is 0 Å². The summed E-state index contributed by atoms with van der Waals surface area (Å²) in [5.41, 5.74) is 9.17. The first-order valence-corrected chi connectivity index (χ1v) is 5.88. The summed E-state index contributed by atoms with van der Waals surface area (Å²) in [6, 6.07) is 6.21. The van der Waals surface area contributed by atoms with Gasteiger partial charge >= 0.3 is 0 Å². The normalized spacial score (nSPS) is 17.9. The molecule has 17 heavy (non-hydrogen) atoms. The van der Waals surface area contributed by atoms with E-state index in [4.69, 9.17) is 15.2 Å². The Morgan fingerprint density at radius 2 is 1.94 bits per heavy atom. The Hall–Kier alpha value is -1.26. The Morgan fingerprint density at radius 1 is 1.29 bits per heavy atom. The van der Waals surface area contributed by atoms with Crippen molar-refractivity contribution in [3.05, 3.63) is 23.8 Å². The maximum atomic E-state index is 5.99. The number of nitrogens with zero attached hydrogens (tertiary/aromatic N) is 1. The largest absolute Gasteiger partial charge is 0.398 e. The van der Waals surface area contributed by atoms with E-state index in [9.17, 15) is 0 Å². The van der Waals surface area contributed by atoms with Crippen molar-refractivity contribution in [2.24, 2.45) is 0 Å². The van der Waals surface area contributed by atoms with E-state index in [-0.39, 0.29) is 0 Å². The van der Waals surface area contributed by atoms with Crippen LogP contribution >= 0.6 is 0 Å². The SMILES string of the molecule is CCc1ccc(N2CC(OC)(OC)C2)cc1N. The van der Waals surface area contributed by atoms with Crippen LogP contribution in [0.5, 0.6) is 0 Å². The Bertz CT molecular complexity index is 394. The van der Waals surface area contributed by atoms with Gasteiger partial charge in [0.1, 0.15) is 0 Å². The number of ether oxygens (including phenoxy) is 2. The molecule has 94 valence electrons. The number of anilines is 2. The van der Waals surface area contributed by atoms with Gasteiger partial charge in [-0.25, -0.2) is 0 Å². The van der Waals surface area contributed by atoms with Gasteiger partial charge in [0, 0.05) is 25.6 Å². The zero-order valence-corrected chi connectivity index (χ0v) is 10.7. The molecule has 2 rings (SSSR count). The first kappa shape index (κ1) is 12.2. The van der Waals surface area contributed by atoms with E-state index in [1.807, 2.05) is 6.07 Å². The first-order chi connectivity index (χ1) is 8.14. The molecule has 4 nitrogen and oxygen atoms in total. The summed E-state index contributed by atoms with van der Waals surface area (Å²) in [6.07, 6.45) is 0.964. The van der Waals surface area contributed by atoms with Gasteiger partial charge in [-0.15, -0.1) is 0 Å². The molecule has 0 spiro atoms. The van der Waals surface area contributed by atoms with Crippen molar-refractivity contribution in [2.75, 3.05) is 37.9 Å². The minimum atomic E-state index is -0.446. The maximum Gasteiger partial charge on any atom is 0.203 e. The molecule has 4 heteroatoms. The van der Waals surface area contributed by atoms with E-state index in [1.54, 1.807) is 14.2 Å². The molecule has 1 heterocycles. The minimum Gasteiger partial charge on any atom is -0.398 e. The highest BCUT2D eigenvalue weighted by molar-refractivity contribution is 5.61. The highest BCUT2D eigenvalue weighted by Crippen LogP contribution is 2.32. The molecule has 1 saturated heterocycles. The van der Waals surface area contributed by atoms with Gasteiger partial charge in [-0.05, 0) is 24.1 Å². The van der Waals surface area contributed by atoms with Crippen LogP contribution in [0.4, 0.5) is 11.4 Å². The second-order valence-electron chi connectivity index (χ2n) is 4.41. The van der Waals surface area contributed by atoms with E-state index in [1.165, 1.54) is 5.56 Å². The predicted octanol–water partition coefficient (Wildman–Crippen LogP) is 1.64. The summed E-state index contributed by atoms with van der Waals surface area (Å²) < 4.78 is 10.7. The quantitative estimate of drug-likeness (QED) is 0.638. The lowest BCUT2D eigenvalue weighted by molar-refractivity contribution is -0.219. The zero-order chi connectivity index (χ0) is 12.5. The fourth-order valence-electron chi connectivity index (χ4n) is 2.16. The molecular formula is C13H20N2O2. The zero-order valence-electron chi connectivity index (χ0n) is 10.7. The molecule has 1 fully saturated rings. The van der Waals surface area contributed by atoms with Gasteiger partial charge in [0.2, 0.25) is 5.79 Å². The first-order valence-electron chi connectivity index (χ1n) is 5.88. The summed E-state index contributed by atoms with van der Waals surface area (Å²) >= 11 is 0. The Balaban J connectivity index is 2.09. The van der Waals surface area contributed by atoms with Crippen LogP contribution < -0.4 is 10.6 Å². The monoisotopic (exact) mass is 236 g/mol. The number of nitrogen functional groups attached to an aromatic ring is 1. The van der Waals surface area contributed by atoms with Crippen molar-refractivity contribution < 1.29 is 9.47 Å². The van der Waals surface area contributed by atoms with Crippen LogP contribution in [-0.4, -0.2) is 33.1 Å². The Kier molecular flexibility index (Phi) is 3.26. The fraction of sp³-hybridized carbons (Fsp3) is 0.538.